The third kappa shape index (κ3) is 2.11. The molecule has 6 heteroatoms. The van der Waals surface area contributed by atoms with Gasteiger partial charge in [0.2, 0.25) is 5.76 Å². The number of furan rings is 1. The normalized spacial score (nSPS) is 9.87. The molecular formula is C9H7N3O3. The summed E-state index contributed by atoms with van der Waals surface area (Å²) in [6.07, 6.45) is 4.50. The zero-order chi connectivity index (χ0) is 10.7. The molecular weight excluding hydrogens is 198 g/mol. The first kappa shape index (κ1) is 9.20. The van der Waals surface area contributed by atoms with Crippen molar-refractivity contribution in [3.05, 3.63) is 36.6 Å². The number of carboxylic acid groups (broad SMARTS) is 1. The van der Waals surface area contributed by atoms with E-state index in [0.717, 1.165) is 0 Å². The molecule has 0 aliphatic carbocycles. The molecule has 0 atom stereocenters. The molecule has 2 aromatic rings. The molecule has 2 aromatic heterocycles. The van der Waals surface area contributed by atoms with Crippen LogP contribution in [-0.2, 0) is 0 Å². The Morgan fingerprint density at radius 3 is 2.67 bits per heavy atom. The Kier molecular flexibility index (Phi) is 2.32. The SMILES string of the molecule is O=C(O)c1ccc(Nc2cncnc2)o1. The molecule has 0 aliphatic heterocycles. The third-order valence-electron chi connectivity index (χ3n) is 1.64. The van der Waals surface area contributed by atoms with E-state index in [1.807, 2.05) is 0 Å². The van der Waals surface area contributed by atoms with Gasteiger partial charge in [-0.05, 0) is 6.07 Å². The van der Waals surface area contributed by atoms with Gasteiger partial charge < -0.3 is 14.8 Å². The molecule has 2 N–H and O–H groups in total. The van der Waals surface area contributed by atoms with Crippen LogP contribution >= 0.6 is 0 Å². The van der Waals surface area contributed by atoms with Crippen LogP contribution in [0.4, 0.5) is 11.6 Å². The van der Waals surface area contributed by atoms with Gasteiger partial charge in [-0.2, -0.15) is 0 Å². The van der Waals surface area contributed by atoms with E-state index in [1.54, 1.807) is 12.4 Å². The van der Waals surface area contributed by atoms with Gasteiger partial charge in [0.1, 0.15) is 6.33 Å². The van der Waals surface area contributed by atoms with Crippen molar-refractivity contribution < 1.29 is 14.3 Å². The van der Waals surface area contributed by atoms with E-state index in [1.165, 1.54) is 18.5 Å². The number of aromatic nitrogens is 2. The molecule has 76 valence electrons. The summed E-state index contributed by atoms with van der Waals surface area (Å²) < 4.78 is 4.98. The van der Waals surface area contributed by atoms with Crippen LogP contribution < -0.4 is 5.32 Å². The summed E-state index contributed by atoms with van der Waals surface area (Å²) >= 11 is 0. The first-order valence-corrected chi connectivity index (χ1v) is 4.11. The summed E-state index contributed by atoms with van der Waals surface area (Å²) in [7, 11) is 0. The summed E-state index contributed by atoms with van der Waals surface area (Å²) in [6.45, 7) is 0. The van der Waals surface area contributed by atoms with Crippen LogP contribution in [0.25, 0.3) is 0 Å². The average Bonchev–Trinajstić information content (AvgIpc) is 2.68. The van der Waals surface area contributed by atoms with Gasteiger partial charge in [-0.25, -0.2) is 14.8 Å². The van der Waals surface area contributed by atoms with Crippen LogP contribution in [0.5, 0.6) is 0 Å². The molecule has 2 rings (SSSR count). The molecule has 0 spiro atoms. The van der Waals surface area contributed by atoms with Crippen molar-refractivity contribution in [2.24, 2.45) is 0 Å². The number of nitrogens with one attached hydrogen (secondary N) is 1. The number of carboxylic acids is 1. The fourth-order valence-electron chi connectivity index (χ4n) is 1.03. The predicted molar refractivity (Wildman–Crippen MR) is 51.0 cm³/mol. The maximum absolute atomic E-state index is 10.5. The Balaban J connectivity index is 2.15. The monoisotopic (exact) mass is 205 g/mol. The largest absolute Gasteiger partial charge is 0.475 e. The van der Waals surface area contributed by atoms with Crippen LogP contribution in [0, 0.1) is 0 Å². The highest BCUT2D eigenvalue weighted by molar-refractivity contribution is 5.85. The predicted octanol–water partition coefficient (Wildman–Crippen LogP) is 1.51. The molecule has 0 aromatic carbocycles. The van der Waals surface area contributed by atoms with Gasteiger partial charge >= 0.3 is 5.97 Å². The van der Waals surface area contributed by atoms with Crippen LogP contribution in [-0.4, -0.2) is 21.0 Å². The van der Waals surface area contributed by atoms with Crippen molar-refractivity contribution in [3.8, 4) is 0 Å². The van der Waals surface area contributed by atoms with E-state index >= 15 is 0 Å². The van der Waals surface area contributed by atoms with E-state index in [4.69, 9.17) is 9.52 Å². The zero-order valence-corrected chi connectivity index (χ0v) is 7.54. The molecule has 2 heterocycles. The number of rotatable bonds is 3. The summed E-state index contributed by atoms with van der Waals surface area (Å²) in [4.78, 5) is 18.1. The lowest BCUT2D eigenvalue weighted by Gasteiger charge is -1.99. The summed E-state index contributed by atoms with van der Waals surface area (Å²) in [6, 6.07) is 2.89. The number of hydrogen-bond acceptors (Lipinski definition) is 5. The lowest BCUT2D eigenvalue weighted by Crippen LogP contribution is -1.93. The molecule has 0 unspecified atom stereocenters. The highest BCUT2D eigenvalue weighted by Crippen LogP contribution is 2.17. The zero-order valence-electron chi connectivity index (χ0n) is 7.54. The Hall–Kier alpha value is -2.37. The van der Waals surface area contributed by atoms with Crippen molar-refractivity contribution in [1.29, 1.82) is 0 Å². The lowest BCUT2D eigenvalue weighted by atomic mass is 10.4. The molecule has 0 saturated heterocycles. The fraction of sp³-hybridized carbons (Fsp3) is 0. The topological polar surface area (TPSA) is 88.2 Å². The summed E-state index contributed by atoms with van der Waals surface area (Å²) in [5.74, 6) is -0.885. The number of aromatic carboxylic acids is 1. The second-order valence-electron chi connectivity index (χ2n) is 2.72. The molecule has 15 heavy (non-hydrogen) atoms. The van der Waals surface area contributed by atoms with Crippen molar-refractivity contribution in [2.75, 3.05) is 5.32 Å². The Morgan fingerprint density at radius 2 is 2.07 bits per heavy atom. The van der Waals surface area contributed by atoms with Gasteiger partial charge in [-0.1, -0.05) is 0 Å². The number of hydrogen-bond donors (Lipinski definition) is 2. The van der Waals surface area contributed by atoms with Gasteiger partial charge in [0.25, 0.3) is 0 Å². The van der Waals surface area contributed by atoms with Gasteiger partial charge in [-0.15, -0.1) is 0 Å². The molecule has 6 nitrogen and oxygen atoms in total. The van der Waals surface area contributed by atoms with E-state index in [9.17, 15) is 4.79 Å². The van der Waals surface area contributed by atoms with Crippen molar-refractivity contribution in [2.45, 2.75) is 0 Å². The molecule has 0 bridgehead atoms. The lowest BCUT2D eigenvalue weighted by molar-refractivity contribution is 0.0663. The van der Waals surface area contributed by atoms with Crippen molar-refractivity contribution in [3.63, 3.8) is 0 Å². The first-order valence-electron chi connectivity index (χ1n) is 4.11. The van der Waals surface area contributed by atoms with Crippen LogP contribution in [0.15, 0.2) is 35.3 Å². The van der Waals surface area contributed by atoms with E-state index in [2.05, 4.69) is 15.3 Å². The quantitative estimate of drug-likeness (QED) is 0.789. The summed E-state index contributed by atoms with van der Waals surface area (Å²) in [5.41, 5.74) is 0.629. The van der Waals surface area contributed by atoms with Gasteiger partial charge in [0, 0.05) is 6.07 Å². The minimum Gasteiger partial charge on any atom is -0.475 e. The molecule has 0 radical (unpaired) electrons. The minimum absolute atomic E-state index is 0.116. The molecule has 0 amide bonds. The Labute approximate surface area is 84.6 Å². The standard InChI is InChI=1S/C9H7N3O3/c13-9(14)7-1-2-8(15-7)12-6-3-10-5-11-4-6/h1-5,12H,(H,13,14). The highest BCUT2D eigenvalue weighted by atomic mass is 16.4. The Morgan fingerprint density at radius 1 is 1.33 bits per heavy atom. The highest BCUT2D eigenvalue weighted by Gasteiger charge is 2.08. The van der Waals surface area contributed by atoms with E-state index in [0.29, 0.717) is 11.6 Å². The second kappa shape index (κ2) is 3.79. The molecule has 0 saturated carbocycles. The molecule has 0 fully saturated rings. The van der Waals surface area contributed by atoms with Crippen molar-refractivity contribution in [1.82, 2.24) is 9.97 Å². The minimum atomic E-state index is -1.10. The number of carbonyl (C=O) groups is 1. The maximum Gasteiger partial charge on any atom is 0.371 e. The maximum atomic E-state index is 10.5. The van der Waals surface area contributed by atoms with Crippen molar-refractivity contribution >= 4 is 17.5 Å². The molecule has 0 aliphatic rings. The Bertz CT molecular complexity index is 466. The van der Waals surface area contributed by atoms with Crippen LogP contribution in [0.1, 0.15) is 10.6 Å². The van der Waals surface area contributed by atoms with Crippen LogP contribution in [0.3, 0.4) is 0 Å². The van der Waals surface area contributed by atoms with E-state index < -0.39 is 5.97 Å². The van der Waals surface area contributed by atoms with Gasteiger partial charge in [-0.3, -0.25) is 0 Å². The van der Waals surface area contributed by atoms with Gasteiger partial charge in [0.15, 0.2) is 5.88 Å². The number of nitrogens with zero attached hydrogens (tertiary/aromatic N) is 2. The van der Waals surface area contributed by atoms with Gasteiger partial charge in [0.05, 0.1) is 18.1 Å². The van der Waals surface area contributed by atoms with Crippen LogP contribution in [0.2, 0.25) is 0 Å². The van der Waals surface area contributed by atoms with E-state index in [-0.39, 0.29) is 5.76 Å². The fourth-order valence-corrected chi connectivity index (χ4v) is 1.03. The summed E-state index contributed by atoms with van der Waals surface area (Å²) in [5, 5.41) is 11.4. The third-order valence-corrected chi connectivity index (χ3v) is 1.64. The smallest absolute Gasteiger partial charge is 0.371 e. The average molecular weight is 205 g/mol. The second-order valence-corrected chi connectivity index (χ2v) is 2.72. The number of anilines is 2. The first-order chi connectivity index (χ1) is 7.25.